The molecule has 0 unspecified atom stereocenters. The van der Waals surface area contributed by atoms with E-state index in [1.807, 2.05) is 30.5 Å². The summed E-state index contributed by atoms with van der Waals surface area (Å²) in [6.07, 6.45) is 2.75. The molecule has 0 saturated heterocycles. The topological polar surface area (TPSA) is 54.9 Å². The number of thioether (sulfide) groups is 2. The minimum Gasteiger partial charge on any atom is -0.355 e. The fourth-order valence-electron chi connectivity index (χ4n) is 1.51. The first-order valence-electron chi connectivity index (χ1n) is 6.19. The van der Waals surface area contributed by atoms with Crippen LogP contribution >= 0.6 is 46.5 Å². The minimum absolute atomic E-state index is 0.00913. The fraction of sp³-hybridized carbons (Fsp3) is 0.308. The fourth-order valence-corrected chi connectivity index (χ4v) is 3.91. The van der Waals surface area contributed by atoms with Gasteiger partial charge in [-0.2, -0.15) is 0 Å². The van der Waals surface area contributed by atoms with Crippen molar-refractivity contribution in [2.24, 2.45) is 0 Å². The maximum absolute atomic E-state index is 11.7. The van der Waals surface area contributed by atoms with Gasteiger partial charge in [0.05, 0.1) is 5.75 Å². The Kier molecular flexibility index (Phi) is 6.82. The van der Waals surface area contributed by atoms with Crippen LogP contribution in [0.4, 0.5) is 0 Å². The van der Waals surface area contributed by atoms with Gasteiger partial charge in [0.15, 0.2) is 8.68 Å². The molecule has 0 aliphatic heterocycles. The molecule has 0 aliphatic carbocycles. The van der Waals surface area contributed by atoms with E-state index in [-0.39, 0.29) is 5.91 Å². The van der Waals surface area contributed by atoms with Crippen molar-refractivity contribution in [3.05, 3.63) is 34.9 Å². The highest BCUT2D eigenvalue weighted by molar-refractivity contribution is 8.03. The molecule has 1 heterocycles. The molecule has 2 aromatic rings. The number of carbonyl (C=O) groups is 1. The highest BCUT2D eigenvalue weighted by Gasteiger charge is 2.07. The summed E-state index contributed by atoms with van der Waals surface area (Å²) in [6.45, 7) is 0.618. The van der Waals surface area contributed by atoms with Gasteiger partial charge in [0.25, 0.3) is 0 Å². The van der Waals surface area contributed by atoms with Gasteiger partial charge < -0.3 is 5.32 Å². The van der Waals surface area contributed by atoms with Gasteiger partial charge in [0, 0.05) is 11.6 Å². The molecule has 0 atom stereocenters. The van der Waals surface area contributed by atoms with E-state index in [0.29, 0.717) is 12.3 Å². The number of nitrogens with zero attached hydrogens (tertiary/aromatic N) is 2. The molecule has 2 rings (SSSR count). The molecule has 0 fully saturated rings. The summed E-state index contributed by atoms with van der Waals surface area (Å²) < 4.78 is 1.74. The van der Waals surface area contributed by atoms with Gasteiger partial charge in [0.1, 0.15) is 0 Å². The van der Waals surface area contributed by atoms with Crippen molar-refractivity contribution in [1.29, 1.82) is 0 Å². The molecule has 1 aromatic heterocycles. The molecule has 1 N–H and O–H groups in total. The Labute approximate surface area is 141 Å². The van der Waals surface area contributed by atoms with Gasteiger partial charge >= 0.3 is 0 Å². The predicted octanol–water partition coefficient (Wildman–Crippen LogP) is 3.36. The van der Waals surface area contributed by atoms with Crippen molar-refractivity contribution >= 4 is 52.4 Å². The lowest BCUT2D eigenvalue weighted by atomic mass is 10.1. The Bertz CT molecular complexity index is 589. The average molecular weight is 360 g/mol. The Morgan fingerprint density at radius 2 is 2.00 bits per heavy atom. The van der Waals surface area contributed by atoms with E-state index in [9.17, 15) is 4.79 Å². The zero-order valence-corrected chi connectivity index (χ0v) is 14.5. The molecule has 8 heteroatoms. The van der Waals surface area contributed by atoms with Gasteiger partial charge in [-0.15, -0.1) is 10.2 Å². The number of carbonyl (C=O) groups excluding carboxylic acids is 1. The van der Waals surface area contributed by atoms with Crippen LogP contribution in [0.5, 0.6) is 0 Å². The maximum atomic E-state index is 11.7. The third-order valence-corrected chi connectivity index (χ3v) is 5.82. The Morgan fingerprint density at radius 1 is 1.29 bits per heavy atom. The Balaban J connectivity index is 1.66. The first-order chi connectivity index (χ1) is 10.2. The van der Waals surface area contributed by atoms with Crippen LogP contribution in [0.1, 0.15) is 5.56 Å². The van der Waals surface area contributed by atoms with E-state index in [4.69, 9.17) is 11.6 Å². The molecular formula is C13H14ClN3OS3. The zero-order valence-electron chi connectivity index (χ0n) is 11.3. The number of nitrogens with one attached hydrogen (secondary N) is 1. The standard InChI is InChI=1S/C13H14ClN3OS3/c1-19-12-16-17-13(21-12)20-8-11(18)15-7-6-9-2-4-10(14)5-3-9/h2-5H,6-8H2,1H3,(H,15,18). The number of hydrogen-bond donors (Lipinski definition) is 1. The number of hydrogen-bond acceptors (Lipinski definition) is 6. The van der Waals surface area contributed by atoms with E-state index < -0.39 is 0 Å². The second kappa shape index (κ2) is 8.63. The second-order valence-corrected chi connectivity index (χ2v) is 7.74. The van der Waals surface area contributed by atoms with Gasteiger partial charge in [-0.3, -0.25) is 4.79 Å². The quantitative estimate of drug-likeness (QED) is 0.768. The van der Waals surface area contributed by atoms with Crippen LogP contribution in [-0.4, -0.2) is 34.7 Å². The lowest BCUT2D eigenvalue weighted by Gasteiger charge is -2.04. The minimum atomic E-state index is 0.00913. The number of aromatic nitrogens is 2. The molecule has 0 radical (unpaired) electrons. The highest BCUT2D eigenvalue weighted by atomic mass is 35.5. The number of amides is 1. The molecule has 21 heavy (non-hydrogen) atoms. The molecular weight excluding hydrogens is 346 g/mol. The molecule has 0 bridgehead atoms. The van der Waals surface area contributed by atoms with Crippen molar-refractivity contribution in [2.75, 3.05) is 18.6 Å². The molecule has 112 valence electrons. The number of benzene rings is 1. The number of rotatable bonds is 7. The average Bonchev–Trinajstić information content (AvgIpc) is 2.95. The van der Waals surface area contributed by atoms with Crippen molar-refractivity contribution < 1.29 is 4.79 Å². The highest BCUT2D eigenvalue weighted by Crippen LogP contribution is 2.26. The monoisotopic (exact) mass is 359 g/mol. The SMILES string of the molecule is CSc1nnc(SCC(=O)NCCc2ccc(Cl)cc2)s1. The lowest BCUT2D eigenvalue weighted by molar-refractivity contribution is -0.118. The molecule has 0 aliphatic rings. The van der Waals surface area contributed by atoms with Gasteiger partial charge in [-0.25, -0.2) is 0 Å². The smallest absolute Gasteiger partial charge is 0.230 e. The summed E-state index contributed by atoms with van der Waals surface area (Å²) in [7, 11) is 0. The molecule has 1 aromatic carbocycles. The summed E-state index contributed by atoms with van der Waals surface area (Å²) in [5.41, 5.74) is 1.15. The third-order valence-electron chi connectivity index (χ3n) is 2.54. The van der Waals surface area contributed by atoms with Crippen LogP contribution < -0.4 is 5.32 Å². The van der Waals surface area contributed by atoms with Crippen molar-refractivity contribution in [2.45, 2.75) is 15.1 Å². The van der Waals surface area contributed by atoms with Crippen molar-refractivity contribution in [1.82, 2.24) is 15.5 Å². The van der Waals surface area contributed by atoms with E-state index in [0.717, 1.165) is 25.7 Å². The largest absolute Gasteiger partial charge is 0.355 e. The van der Waals surface area contributed by atoms with E-state index >= 15 is 0 Å². The van der Waals surface area contributed by atoms with Crippen molar-refractivity contribution in [3.8, 4) is 0 Å². The van der Waals surface area contributed by atoms with Crippen LogP contribution in [-0.2, 0) is 11.2 Å². The van der Waals surface area contributed by atoms with E-state index in [2.05, 4.69) is 15.5 Å². The zero-order chi connectivity index (χ0) is 15.1. The predicted molar refractivity (Wildman–Crippen MR) is 90.6 cm³/mol. The van der Waals surface area contributed by atoms with Crippen molar-refractivity contribution in [3.63, 3.8) is 0 Å². The third kappa shape index (κ3) is 5.86. The van der Waals surface area contributed by atoms with E-state index in [1.165, 1.54) is 23.1 Å². The van der Waals surface area contributed by atoms with Crippen LogP contribution in [0.15, 0.2) is 32.9 Å². The lowest BCUT2D eigenvalue weighted by Crippen LogP contribution is -2.27. The second-order valence-electron chi connectivity index (χ2n) is 4.05. The summed E-state index contributed by atoms with van der Waals surface area (Å²) in [5.74, 6) is 0.374. The summed E-state index contributed by atoms with van der Waals surface area (Å²) in [6, 6.07) is 7.64. The van der Waals surface area contributed by atoms with Crippen LogP contribution in [0.2, 0.25) is 5.02 Å². The molecule has 0 saturated carbocycles. The molecule has 1 amide bonds. The van der Waals surface area contributed by atoms with Crippen LogP contribution in [0.3, 0.4) is 0 Å². The summed E-state index contributed by atoms with van der Waals surface area (Å²) in [5, 5.41) is 11.6. The van der Waals surface area contributed by atoms with Gasteiger partial charge in [-0.1, -0.05) is 58.6 Å². The molecule has 4 nitrogen and oxygen atoms in total. The first kappa shape index (κ1) is 16.6. The van der Waals surface area contributed by atoms with Crippen LogP contribution in [0.25, 0.3) is 0 Å². The Morgan fingerprint density at radius 3 is 2.67 bits per heavy atom. The first-order valence-corrected chi connectivity index (χ1v) is 9.59. The normalized spacial score (nSPS) is 10.6. The Hall–Kier alpha value is -0.760. The summed E-state index contributed by atoms with van der Waals surface area (Å²) in [4.78, 5) is 11.7. The van der Waals surface area contributed by atoms with E-state index in [1.54, 1.807) is 11.8 Å². The molecule has 0 spiro atoms. The summed E-state index contributed by atoms with van der Waals surface area (Å²) >= 11 is 10.3. The van der Waals surface area contributed by atoms with Gasteiger partial charge in [0.2, 0.25) is 5.91 Å². The maximum Gasteiger partial charge on any atom is 0.230 e. The van der Waals surface area contributed by atoms with Crippen LogP contribution in [0, 0.1) is 0 Å². The van der Waals surface area contributed by atoms with Gasteiger partial charge in [-0.05, 0) is 30.4 Å². The number of halogens is 1.